The van der Waals surface area contributed by atoms with Gasteiger partial charge in [0.25, 0.3) is 5.91 Å². The van der Waals surface area contributed by atoms with Crippen LogP contribution in [0, 0.1) is 0 Å². The van der Waals surface area contributed by atoms with E-state index in [1.165, 1.54) is 28.3 Å². The summed E-state index contributed by atoms with van der Waals surface area (Å²) in [6.07, 6.45) is 2.89. The lowest BCUT2D eigenvalue weighted by atomic mass is 10.2. The van der Waals surface area contributed by atoms with Gasteiger partial charge >= 0.3 is 0 Å². The summed E-state index contributed by atoms with van der Waals surface area (Å²) in [7, 11) is 1.59. The van der Waals surface area contributed by atoms with E-state index in [1.54, 1.807) is 31.3 Å². The largest absolute Gasteiger partial charge is 0.504 e. The van der Waals surface area contributed by atoms with E-state index in [9.17, 15) is 20.1 Å². The minimum Gasteiger partial charge on any atom is -0.504 e. The first-order valence-corrected chi connectivity index (χ1v) is 9.44. The van der Waals surface area contributed by atoms with Crippen LogP contribution in [0.1, 0.15) is 5.56 Å². The normalized spacial score (nSPS) is 10.8. The Balaban J connectivity index is 2.13. The molecule has 9 heteroatoms. The van der Waals surface area contributed by atoms with Crippen LogP contribution in [-0.4, -0.2) is 46.1 Å². The van der Waals surface area contributed by atoms with E-state index < -0.39 is 23.2 Å². The lowest BCUT2D eigenvalue weighted by Gasteiger charge is -2.21. The number of phenols is 3. The number of benzene rings is 2. The third-order valence-corrected chi connectivity index (χ3v) is 4.83. The molecule has 0 atom stereocenters. The number of nitrogens with zero attached hydrogens (tertiary/aromatic N) is 3. The molecule has 0 aliphatic heterocycles. The molecule has 0 heterocycles. The maximum Gasteiger partial charge on any atom is 0.272 e. The minimum absolute atomic E-state index is 0.0315. The third kappa shape index (κ3) is 5.68. The van der Waals surface area contributed by atoms with Crippen LogP contribution in [0.4, 0.5) is 5.69 Å². The topological polar surface area (TPSA) is 96.6 Å². The summed E-state index contributed by atoms with van der Waals surface area (Å²) in [6.45, 7) is 7.90. The fourth-order valence-electron chi connectivity index (χ4n) is 2.49. The molecule has 30 heavy (non-hydrogen) atoms. The zero-order valence-corrected chi connectivity index (χ0v) is 17.7. The van der Waals surface area contributed by atoms with Gasteiger partial charge in [-0.25, -0.2) is 4.99 Å². The van der Waals surface area contributed by atoms with Crippen LogP contribution in [0.25, 0.3) is 0 Å². The number of amides is 1. The Hall–Kier alpha value is -3.16. The molecule has 1 amide bonds. The van der Waals surface area contributed by atoms with Gasteiger partial charge in [0, 0.05) is 38.0 Å². The van der Waals surface area contributed by atoms with Crippen molar-refractivity contribution in [2.75, 3.05) is 18.5 Å². The number of rotatable bonds is 8. The Morgan fingerprint density at radius 1 is 1.13 bits per heavy atom. The first-order valence-electron chi connectivity index (χ1n) is 8.69. The van der Waals surface area contributed by atoms with Crippen molar-refractivity contribution >= 4 is 41.1 Å². The van der Waals surface area contributed by atoms with E-state index >= 15 is 0 Å². The Morgan fingerprint density at radius 2 is 1.77 bits per heavy atom. The quantitative estimate of drug-likeness (QED) is 0.183. The number of phenolic OH excluding ortho intramolecular Hbond substituents is 3. The van der Waals surface area contributed by atoms with Gasteiger partial charge in [0.2, 0.25) is 0 Å². The van der Waals surface area contributed by atoms with Crippen LogP contribution in [0.5, 0.6) is 17.2 Å². The number of hydrogen-bond donors (Lipinski definition) is 3. The van der Waals surface area contributed by atoms with E-state index in [0.717, 1.165) is 5.56 Å². The SMILES string of the molecule is C=CCN(Cc1ccc(Cl)c(Cl)c1)C(=O)C(=C)N=CN(C)c1cc(O)c(O)c(O)c1. The molecule has 158 valence electrons. The van der Waals surface area contributed by atoms with Crippen molar-refractivity contribution in [3.05, 3.63) is 70.9 Å². The number of halogens is 2. The summed E-state index contributed by atoms with van der Waals surface area (Å²) in [5, 5.41) is 29.5. The number of carbonyl (C=O) groups excluding carboxylic acids is 1. The number of hydrogen-bond acceptors (Lipinski definition) is 5. The molecule has 0 aromatic heterocycles. The van der Waals surface area contributed by atoms with Gasteiger partial charge in [0.1, 0.15) is 5.70 Å². The summed E-state index contributed by atoms with van der Waals surface area (Å²) >= 11 is 12.0. The van der Waals surface area contributed by atoms with Gasteiger partial charge in [-0.2, -0.15) is 0 Å². The van der Waals surface area contributed by atoms with E-state index in [1.807, 2.05) is 0 Å². The van der Waals surface area contributed by atoms with Crippen LogP contribution in [-0.2, 0) is 11.3 Å². The summed E-state index contributed by atoms with van der Waals surface area (Å²) in [5.41, 5.74) is 1.09. The second kappa shape index (κ2) is 10.0. The molecular weight excluding hydrogens is 429 g/mol. The molecule has 0 radical (unpaired) electrons. The number of aliphatic imine (C=N–C) groups is 1. The first-order chi connectivity index (χ1) is 14.1. The van der Waals surface area contributed by atoms with Crippen LogP contribution >= 0.6 is 23.2 Å². The van der Waals surface area contributed by atoms with Gasteiger partial charge < -0.3 is 25.1 Å². The maximum absolute atomic E-state index is 12.8. The highest BCUT2D eigenvalue weighted by molar-refractivity contribution is 6.42. The average molecular weight is 450 g/mol. The molecule has 0 aliphatic rings. The maximum atomic E-state index is 12.8. The van der Waals surface area contributed by atoms with Crippen LogP contribution in [0.3, 0.4) is 0 Å². The molecule has 3 N–H and O–H groups in total. The minimum atomic E-state index is -0.619. The molecule has 0 unspecified atom stereocenters. The van der Waals surface area contributed by atoms with Crippen molar-refractivity contribution in [3.63, 3.8) is 0 Å². The zero-order chi connectivity index (χ0) is 22.4. The summed E-state index contributed by atoms with van der Waals surface area (Å²) in [4.78, 5) is 19.8. The van der Waals surface area contributed by atoms with Gasteiger partial charge in [0.15, 0.2) is 17.2 Å². The second-order valence-electron chi connectivity index (χ2n) is 6.36. The standard InChI is InChI=1S/C21H21Cl2N3O4/c1-4-7-26(11-14-5-6-16(22)17(23)8-14)21(30)13(2)24-12-25(3)15-9-18(27)20(29)19(28)10-15/h4-6,8-10,12,27-29H,1-2,7,11H2,3H3. The molecule has 2 rings (SSSR count). The summed E-state index contributed by atoms with van der Waals surface area (Å²) < 4.78 is 0. The number of aromatic hydroxyl groups is 3. The summed E-state index contributed by atoms with van der Waals surface area (Å²) in [5.74, 6) is -2.01. The molecule has 2 aromatic carbocycles. The van der Waals surface area contributed by atoms with Gasteiger partial charge in [0.05, 0.1) is 16.4 Å². The lowest BCUT2D eigenvalue weighted by Crippen LogP contribution is -2.31. The fraction of sp³-hybridized carbons (Fsp3) is 0.143. The Labute approximate surface area is 184 Å². The molecule has 0 spiro atoms. The van der Waals surface area contributed by atoms with Crippen LogP contribution in [0.15, 0.2) is 60.3 Å². The van der Waals surface area contributed by atoms with Crippen molar-refractivity contribution in [1.29, 1.82) is 0 Å². The molecule has 0 bridgehead atoms. The van der Waals surface area contributed by atoms with E-state index in [-0.39, 0.29) is 18.8 Å². The molecule has 0 saturated carbocycles. The van der Waals surface area contributed by atoms with Gasteiger partial charge in [-0.3, -0.25) is 4.79 Å². The second-order valence-corrected chi connectivity index (χ2v) is 7.17. The molecule has 0 aliphatic carbocycles. The lowest BCUT2D eigenvalue weighted by molar-refractivity contribution is -0.127. The average Bonchev–Trinajstić information content (AvgIpc) is 2.71. The van der Waals surface area contributed by atoms with Gasteiger partial charge in [-0.05, 0) is 17.7 Å². The van der Waals surface area contributed by atoms with Gasteiger partial charge in [-0.1, -0.05) is 41.9 Å². The Kier molecular flexibility index (Phi) is 7.74. The van der Waals surface area contributed by atoms with E-state index in [4.69, 9.17) is 23.2 Å². The van der Waals surface area contributed by atoms with Crippen molar-refractivity contribution in [2.24, 2.45) is 4.99 Å². The highest BCUT2D eigenvalue weighted by atomic mass is 35.5. The Bertz CT molecular complexity index is 985. The molecule has 0 fully saturated rings. The van der Waals surface area contributed by atoms with Crippen molar-refractivity contribution in [3.8, 4) is 17.2 Å². The third-order valence-electron chi connectivity index (χ3n) is 4.09. The smallest absolute Gasteiger partial charge is 0.272 e. The Morgan fingerprint density at radius 3 is 2.33 bits per heavy atom. The molecular formula is C21H21Cl2N3O4. The van der Waals surface area contributed by atoms with Crippen molar-refractivity contribution < 1.29 is 20.1 Å². The van der Waals surface area contributed by atoms with E-state index in [0.29, 0.717) is 15.7 Å². The fourth-order valence-corrected chi connectivity index (χ4v) is 2.81. The number of carbonyl (C=O) groups is 1. The van der Waals surface area contributed by atoms with Crippen LogP contribution in [0.2, 0.25) is 10.0 Å². The molecule has 2 aromatic rings. The van der Waals surface area contributed by atoms with Gasteiger partial charge in [-0.15, -0.1) is 6.58 Å². The predicted molar refractivity (Wildman–Crippen MR) is 120 cm³/mol. The summed E-state index contributed by atoms with van der Waals surface area (Å²) in [6, 6.07) is 7.57. The van der Waals surface area contributed by atoms with Crippen molar-refractivity contribution in [2.45, 2.75) is 6.54 Å². The predicted octanol–water partition coefficient (Wildman–Crippen LogP) is 4.30. The zero-order valence-electron chi connectivity index (χ0n) is 16.2. The monoisotopic (exact) mass is 449 g/mol. The van der Waals surface area contributed by atoms with Crippen LogP contribution < -0.4 is 4.90 Å². The van der Waals surface area contributed by atoms with E-state index in [2.05, 4.69) is 18.2 Å². The molecule has 0 saturated heterocycles. The number of anilines is 1. The first kappa shape index (κ1) is 23.1. The highest BCUT2D eigenvalue weighted by Gasteiger charge is 2.17. The highest BCUT2D eigenvalue weighted by Crippen LogP contribution is 2.38. The van der Waals surface area contributed by atoms with Crippen molar-refractivity contribution in [1.82, 2.24) is 4.90 Å². The molecule has 7 nitrogen and oxygen atoms in total.